The van der Waals surface area contributed by atoms with E-state index >= 15 is 0 Å². The first-order valence-corrected chi connectivity index (χ1v) is 12.3. The number of aromatic nitrogens is 2. The molecule has 0 bridgehead atoms. The summed E-state index contributed by atoms with van der Waals surface area (Å²) in [5.74, 6) is 0.993. The largest absolute Gasteiger partial charge is 0.374 e. The molecule has 1 aliphatic carbocycles. The molecule has 1 aromatic carbocycles. The van der Waals surface area contributed by atoms with Crippen LogP contribution >= 0.6 is 0 Å². The Morgan fingerprint density at radius 3 is 2.55 bits per heavy atom. The third-order valence-corrected chi connectivity index (χ3v) is 7.82. The highest BCUT2D eigenvalue weighted by Crippen LogP contribution is 2.37. The van der Waals surface area contributed by atoms with Gasteiger partial charge in [-0.1, -0.05) is 12.2 Å². The van der Waals surface area contributed by atoms with Crippen molar-refractivity contribution >= 4 is 22.4 Å². The third kappa shape index (κ3) is 4.41. The molecule has 1 aromatic heterocycles. The van der Waals surface area contributed by atoms with Gasteiger partial charge in [0.25, 0.3) is 0 Å². The highest BCUT2D eigenvalue weighted by molar-refractivity contribution is 5.96. The zero-order valence-electron chi connectivity index (χ0n) is 19.9. The third-order valence-electron chi connectivity index (χ3n) is 7.82. The molecule has 0 spiro atoms. The van der Waals surface area contributed by atoms with Crippen LogP contribution in [-0.4, -0.2) is 59.9 Å². The summed E-state index contributed by atoms with van der Waals surface area (Å²) in [6.45, 7) is 14.2. The number of Topliss-reactive ketones (excluding diaryl/α,β-unsaturated/α-hetero) is 1. The van der Waals surface area contributed by atoms with Gasteiger partial charge in [-0.15, -0.1) is 0 Å². The number of rotatable bonds is 4. The molecule has 0 radical (unpaired) electrons. The fourth-order valence-corrected chi connectivity index (χ4v) is 5.65. The number of carbonyl (C=O) groups is 1. The molecule has 1 unspecified atom stereocenters. The van der Waals surface area contributed by atoms with Crippen molar-refractivity contribution in [1.29, 1.82) is 0 Å². The highest BCUT2D eigenvalue weighted by atomic mass is 16.1. The van der Waals surface area contributed by atoms with Gasteiger partial charge in [-0.3, -0.25) is 4.79 Å². The van der Waals surface area contributed by atoms with Crippen LogP contribution in [0.2, 0.25) is 0 Å². The molecule has 33 heavy (non-hydrogen) atoms. The van der Waals surface area contributed by atoms with Crippen LogP contribution in [0.5, 0.6) is 0 Å². The number of carbonyl (C=O) groups excluding carboxylic acids is 1. The molecule has 3 aliphatic rings. The highest BCUT2D eigenvalue weighted by Gasteiger charge is 2.31. The van der Waals surface area contributed by atoms with Crippen LogP contribution in [0.3, 0.4) is 0 Å². The van der Waals surface area contributed by atoms with Crippen LogP contribution < -0.4 is 10.2 Å². The molecule has 6 nitrogen and oxygen atoms in total. The second kappa shape index (κ2) is 9.26. The summed E-state index contributed by atoms with van der Waals surface area (Å²) in [4.78, 5) is 26.8. The van der Waals surface area contributed by atoms with Gasteiger partial charge in [0, 0.05) is 74.0 Å². The summed E-state index contributed by atoms with van der Waals surface area (Å²) in [6, 6.07) is 6.67. The van der Waals surface area contributed by atoms with E-state index in [4.69, 9.17) is 4.98 Å². The number of nitrogens with one attached hydrogen (secondary N) is 1. The first-order valence-electron chi connectivity index (χ1n) is 12.3. The summed E-state index contributed by atoms with van der Waals surface area (Å²) in [6.07, 6.45) is 5.39. The van der Waals surface area contributed by atoms with Crippen LogP contribution in [0.4, 0.5) is 5.69 Å². The van der Waals surface area contributed by atoms with Gasteiger partial charge in [0.05, 0.1) is 11.2 Å². The number of allylic oxidation sites excluding steroid dienone is 3. The molecule has 1 N–H and O–H groups in total. The Bertz CT molecular complexity index is 1090. The Balaban J connectivity index is 1.32. The van der Waals surface area contributed by atoms with Gasteiger partial charge in [0.15, 0.2) is 5.78 Å². The molecule has 1 atom stereocenters. The summed E-state index contributed by atoms with van der Waals surface area (Å²) < 4.78 is 0. The Labute approximate surface area is 196 Å². The van der Waals surface area contributed by atoms with Gasteiger partial charge in [0.2, 0.25) is 0 Å². The smallest absolute Gasteiger partial charge is 0.160 e. The van der Waals surface area contributed by atoms with Crippen LogP contribution in [0.1, 0.15) is 51.1 Å². The van der Waals surface area contributed by atoms with Gasteiger partial charge in [-0.05, 0) is 57.2 Å². The van der Waals surface area contributed by atoms with E-state index in [1.165, 1.54) is 22.5 Å². The molecule has 6 heteroatoms. The maximum absolute atomic E-state index is 12.6. The van der Waals surface area contributed by atoms with E-state index in [0.717, 1.165) is 75.2 Å². The minimum Gasteiger partial charge on any atom is -0.374 e. The van der Waals surface area contributed by atoms with Gasteiger partial charge < -0.3 is 15.1 Å². The van der Waals surface area contributed by atoms with Gasteiger partial charge >= 0.3 is 0 Å². The van der Waals surface area contributed by atoms with E-state index in [0.29, 0.717) is 12.3 Å². The van der Waals surface area contributed by atoms with Crippen LogP contribution in [0.15, 0.2) is 47.9 Å². The first kappa shape index (κ1) is 22.1. The van der Waals surface area contributed by atoms with Crippen molar-refractivity contribution in [2.75, 3.05) is 44.2 Å². The second-order valence-electron chi connectivity index (χ2n) is 9.91. The number of piperidine rings is 1. The van der Waals surface area contributed by atoms with Crippen molar-refractivity contribution in [1.82, 2.24) is 20.2 Å². The lowest BCUT2D eigenvalue weighted by atomic mass is 9.81. The van der Waals surface area contributed by atoms with Gasteiger partial charge in [0.1, 0.15) is 6.33 Å². The molecular formula is C27H35N5O. The fraction of sp³-hybridized carbons (Fsp3) is 0.519. The topological polar surface area (TPSA) is 61.4 Å². The number of anilines is 1. The van der Waals surface area contributed by atoms with Crippen molar-refractivity contribution in [3.63, 3.8) is 0 Å². The molecule has 2 fully saturated rings. The summed E-state index contributed by atoms with van der Waals surface area (Å²) >= 11 is 0. The number of benzene rings is 1. The SMILES string of the molecule is C=C(C)C1CC(=O)C(C)=C(N2CCC(c3ncnc4cc(N5CCNCC5)ccc34)CC2)C1. The molecule has 2 saturated heterocycles. The number of hydrogen-bond acceptors (Lipinski definition) is 6. The van der Waals surface area contributed by atoms with E-state index in [1.807, 2.05) is 6.92 Å². The van der Waals surface area contributed by atoms with Crippen LogP contribution in [0, 0.1) is 5.92 Å². The number of piperazine rings is 1. The van der Waals surface area contributed by atoms with Gasteiger partial charge in [-0.2, -0.15) is 0 Å². The van der Waals surface area contributed by atoms with Crippen LogP contribution in [-0.2, 0) is 4.79 Å². The molecule has 0 amide bonds. The zero-order valence-corrected chi connectivity index (χ0v) is 19.9. The maximum atomic E-state index is 12.6. The Kier molecular flexibility index (Phi) is 6.19. The lowest BCUT2D eigenvalue weighted by Gasteiger charge is -2.39. The Morgan fingerprint density at radius 1 is 1.06 bits per heavy atom. The fourth-order valence-electron chi connectivity index (χ4n) is 5.65. The predicted molar refractivity (Wildman–Crippen MR) is 133 cm³/mol. The minimum absolute atomic E-state index is 0.282. The van der Waals surface area contributed by atoms with E-state index in [-0.39, 0.29) is 11.7 Å². The number of hydrogen-bond donors (Lipinski definition) is 1. The molecule has 2 aliphatic heterocycles. The molecule has 3 heterocycles. The number of likely N-dealkylation sites (tertiary alicyclic amines) is 1. The van der Waals surface area contributed by atoms with Crippen molar-refractivity contribution < 1.29 is 4.79 Å². The van der Waals surface area contributed by atoms with E-state index < -0.39 is 0 Å². The maximum Gasteiger partial charge on any atom is 0.160 e. The number of nitrogens with zero attached hydrogens (tertiary/aromatic N) is 4. The first-order chi connectivity index (χ1) is 16.0. The monoisotopic (exact) mass is 445 g/mol. The standard InChI is InChI=1S/C27H35N5O/c1-18(2)21-14-25(19(3)26(33)15-21)32-10-6-20(7-11-32)27-23-5-4-22(16-24(23)29-17-30-27)31-12-8-28-9-13-31/h4-5,16-17,20-21,28H,1,6-15H2,2-3H3. The quantitative estimate of drug-likeness (QED) is 0.717. The minimum atomic E-state index is 0.282. The molecule has 2 aromatic rings. The second-order valence-corrected chi connectivity index (χ2v) is 9.91. The van der Waals surface area contributed by atoms with Crippen molar-refractivity contribution in [2.24, 2.45) is 5.92 Å². The summed E-state index contributed by atoms with van der Waals surface area (Å²) in [7, 11) is 0. The summed E-state index contributed by atoms with van der Waals surface area (Å²) in [5, 5.41) is 4.60. The number of ketones is 1. The lowest BCUT2D eigenvalue weighted by Crippen LogP contribution is -2.43. The van der Waals surface area contributed by atoms with Crippen molar-refractivity contribution in [3.8, 4) is 0 Å². The Hall–Kier alpha value is -2.73. The van der Waals surface area contributed by atoms with E-state index in [2.05, 4.69) is 51.8 Å². The zero-order chi connectivity index (χ0) is 22.9. The molecule has 174 valence electrons. The predicted octanol–water partition coefficient (Wildman–Crippen LogP) is 4.05. The lowest BCUT2D eigenvalue weighted by molar-refractivity contribution is -0.116. The molecular weight excluding hydrogens is 410 g/mol. The summed E-state index contributed by atoms with van der Waals surface area (Å²) in [5.41, 5.74) is 6.79. The van der Waals surface area contributed by atoms with E-state index in [1.54, 1.807) is 6.33 Å². The molecule has 5 rings (SSSR count). The van der Waals surface area contributed by atoms with Crippen molar-refractivity contribution in [3.05, 3.63) is 53.6 Å². The van der Waals surface area contributed by atoms with Crippen molar-refractivity contribution in [2.45, 2.75) is 45.4 Å². The van der Waals surface area contributed by atoms with Crippen LogP contribution in [0.25, 0.3) is 10.9 Å². The average molecular weight is 446 g/mol. The van der Waals surface area contributed by atoms with E-state index in [9.17, 15) is 4.79 Å². The number of fused-ring (bicyclic) bond motifs is 1. The van der Waals surface area contributed by atoms with Gasteiger partial charge in [-0.25, -0.2) is 9.97 Å². The Morgan fingerprint density at radius 2 is 1.82 bits per heavy atom. The average Bonchev–Trinajstić information content (AvgIpc) is 2.85. The molecule has 0 saturated carbocycles. The normalized spacial score (nSPS) is 22.8.